The van der Waals surface area contributed by atoms with Crippen LogP contribution in [0.3, 0.4) is 0 Å². The smallest absolute Gasteiger partial charge is 0.278 e. The second-order valence-electron chi connectivity index (χ2n) is 5.88. The molecule has 124 valence electrons. The van der Waals surface area contributed by atoms with Crippen molar-refractivity contribution in [3.63, 3.8) is 0 Å². The van der Waals surface area contributed by atoms with Crippen molar-refractivity contribution in [1.82, 2.24) is 30.0 Å². The molecule has 4 heterocycles. The predicted molar refractivity (Wildman–Crippen MR) is 87.6 cm³/mol. The van der Waals surface area contributed by atoms with Gasteiger partial charge in [0.05, 0.1) is 18.1 Å². The molecule has 0 amide bonds. The van der Waals surface area contributed by atoms with Gasteiger partial charge in [0.15, 0.2) is 12.0 Å². The van der Waals surface area contributed by atoms with Crippen LogP contribution < -0.4 is 0 Å². The Morgan fingerprint density at radius 3 is 3.00 bits per heavy atom. The van der Waals surface area contributed by atoms with E-state index in [1.54, 1.807) is 23.5 Å². The molecule has 4 rings (SSSR count). The van der Waals surface area contributed by atoms with Crippen LogP contribution in [0.25, 0.3) is 22.8 Å². The molecule has 1 aliphatic heterocycles. The Balaban J connectivity index is 1.65. The monoisotopic (exact) mass is 333 g/mol. The van der Waals surface area contributed by atoms with Crippen LogP contribution in [0.1, 0.15) is 30.4 Å². The Morgan fingerprint density at radius 1 is 1.28 bits per heavy atom. The zero-order valence-corrected chi connectivity index (χ0v) is 13.6. The maximum atomic E-state index is 9.17. The molecule has 0 saturated carbocycles. The average Bonchev–Trinajstić information content (AvgIpc) is 3.30. The molecule has 0 spiro atoms. The van der Waals surface area contributed by atoms with E-state index in [1.807, 2.05) is 19.1 Å². The summed E-state index contributed by atoms with van der Waals surface area (Å²) in [6.07, 6.45) is 8.97. The largest absolute Gasteiger partial charge is 0.332 e. The van der Waals surface area contributed by atoms with Gasteiger partial charge in [0.2, 0.25) is 0 Å². The second kappa shape index (κ2) is 6.28. The summed E-state index contributed by atoms with van der Waals surface area (Å²) < 4.78 is 5.36. The zero-order chi connectivity index (χ0) is 17.2. The highest BCUT2D eigenvalue weighted by Gasteiger charge is 2.29. The van der Waals surface area contributed by atoms with Crippen molar-refractivity contribution in [3.05, 3.63) is 42.2 Å². The Bertz CT molecular complexity index is 946. The number of pyridine rings is 1. The molecule has 25 heavy (non-hydrogen) atoms. The molecule has 0 bridgehead atoms. The van der Waals surface area contributed by atoms with Crippen molar-refractivity contribution in [2.75, 3.05) is 6.54 Å². The van der Waals surface area contributed by atoms with Crippen LogP contribution in [0.5, 0.6) is 0 Å². The summed E-state index contributed by atoms with van der Waals surface area (Å²) in [5.41, 5.74) is 3.05. The summed E-state index contributed by atoms with van der Waals surface area (Å²) in [7, 11) is 0. The second-order valence-corrected chi connectivity index (χ2v) is 5.88. The van der Waals surface area contributed by atoms with E-state index < -0.39 is 0 Å². The number of nitriles is 1. The van der Waals surface area contributed by atoms with E-state index in [0.29, 0.717) is 23.1 Å². The number of aryl methyl sites for hydroxylation is 1. The van der Waals surface area contributed by atoms with Crippen LogP contribution in [-0.4, -0.2) is 36.5 Å². The third-order valence-electron chi connectivity index (χ3n) is 4.17. The average molecular weight is 333 g/mol. The van der Waals surface area contributed by atoms with E-state index in [9.17, 15) is 0 Å². The minimum absolute atomic E-state index is 0.124. The molecule has 8 nitrogen and oxygen atoms in total. The van der Waals surface area contributed by atoms with Crippen molar-refractivity contribution >= 4 is 0 Å². The highest BCUT2D eigenvalue weighted by molar-refractivity contribution is 5.61. The van der Waals surface area contributed by atoms with E-state index in [4.69, 9.17) is 9.78 Å². The van der Waals surface area contributed by atoms with Crippen LogP contribution in [0.15, 0.2) is 35.2 Å². The first kappa shape index (κ1) is 15.2. The molecule has 0 unspecified atom stereocenters. The van der Waals surface area contributed by atoms with E-state index in [-0.39, 0.29) is 6.04 Å². The van der Waals surface area contributed by atoms with E-state index in [1.165, 1.54) is 0 Å². The summed E-state index contributed by atoms with van der Waals surface area (Å²) >= 11 is 0. The van der Waals surface area contributed by atoms with Crippen LogP contribution in [0.4, 0.5) is 0 Å². The molecular formula is C17H15N7O. The molecule has 0 aliphatic carbocycles. The fraction of sp³-hybridized carbons (Fsp3) is 0.294. The maximum Gasteiger partial charge on any atom is 0.278 e. The molecule has 3 aromatic rings. The number of aromatic nitrogens is 5. The first-order valence-corrected chi connectivity index (χ1v) is 8.00. The number of hydrogen-bond acceptors (Lipinski definition) is 8. The zero-order valence-electron chi connectivity index (χ0n) is 13.6. The lowest BCUT2D eigenvalue weighted by Gasteiger charge is -2.13. The summed E-state index contributed by atoms with van der Waals surface area (Å²) in [4.78, 5) is 19.1. The van der Waals surface area contributed by atoms with Gasteiger partial charge in [-0.15, -0.1) is 0 Å². The van der Waals surface area contributed by atoms with Gasteiger partial charge in [-0.3, -0.25) is 14.9 Å². The van der Waals surface area contributed by atoms with Crippen molar-refractivity contribution < 1.29 is 4.52 Å². The molecule has 1 aliphatic rings. The molecule has 1 atom stereocenters. The summed E-state index contributed by atoms with van der Waals surface area (Å²) in [6.45, 7) is 2.65. The maximum absolute atomic E-state index is 9.17. The molecule has 1 fully saturated rings. The van der Waals surface area contributed by atoms with Gasteiger partial charge in [-0.2, -0.15) is 10.2 Å². The molecule has 0 radical (unpaired) electrons. The van der Waals surface area contributed by atoms with Gasteiger partial charge in [0, 0.05) is 24.0 Å². The highest BCUT2D eigenvalue weighted by Crippen LogP contribution is 2.30. The number of hydrogen-bond donors (Lipinski definition) is 0. The van der Waals surface area contributed by atoms with E-state index in [2.05, 4.69) is 31.3 Å². The van der Waals surface area contributed by atoms with Crippen molar-refractivity contribution in [3.8, 4) is 29.0 Å². The fourth-order valence-corrected chi connectivity index (χ4v) is 2.94. The van der Waals surface area contributed by atoms with Crippen LogP contribution in [-0.2, 0) is 0 Å². The topological polar surface area (TPSA) is 105 Å². The third kappa shape index (κ3) is 2.92. The van der Waals surface area contributed by atoms with Crippen molar-refractivity contribution in [2.24, 2.45) is 0 Å². The molecule has 8 heteroatoms. The van der Waals surface area contributed by atoms with Gasteiger partial charge in [-0.25, -0.2) is 4.98 Å². The Morgan fingerprint density at radius 2 is 2.16 bits per heavy atom. The van der Waals surface area contributed by atoms with Gasteiger partial charge in [-0.05, 0) is 31.9 Å². The fourth-order valence-electron chi connectivity index (χ4n) is 2.94. The van der Waals surface area contributed by atoms with Crippen LogP contribution >= 0.6 is 0 Å². The minimum Gasteiger partial charge on any atom is -0.332 e. The summed E-state index contributed by atoms with van der Waals surface area (Å²) in [5.74, 6) is 0.820. The molecule has 0 aromatic carbocycles. The summed E-state index contributed by atoms with van der Waals surface area (Å²) in [5, 5.41) is 13.2. The lowest BCUT2D eigenvalue weighted by atomic mass is 10.2. The molecule has 0 N–H and O–H groups in total. The van der Waals surface area contributed by atoms with E-state index >= 15 is 0 Å². The quantitative estimate of drug-likeness (QED) is 0.673. The SMILES string of the molecule is Cc1cc(-c2cncc(-c3nc([C@@H]4CCCN4C#N)no3)n2)ccn1. The number of rotatable bonds is 3. The van der Waals surface area contributed by atoms with Crippen LogP contribution in [0.2, 0.25) is 0 Å². The standard InChI is InChI=1S/C17H15N7O/c1-11-7-12(4-5-20-11)13-8-19-9-14(21-13)17-22-16(23-25-17)15-3-2-6-24(15)10-18/h4-5,7-9,15H,2-3,6H2,1H3/t15-/m0/s1. The van der Waals surface area contributed by atoms with Crippen molar-refractivity contribution in [1.29, 1.82) is 5.26 Å². The Hall–Kier alpha value is -3.34. The number of likely N-dealkylation sites (tertiary alicyclic amines) is 1. The van der Waals surface area contributed by atoms with Crippen molar-refractivity contribution in [2.45, 2.75) is 25.8 Å². The number of nitrogens with zero attached hydrogens (tertiary/aromatic N) is 7. The lowest BCUT2D eigenvalue weighted by Crippen LogP contribution is -2.17. The molecule has 3 aromatic heterocycles. The first-order chi connectivity index (χ1) is 12.2. The van der Waals surface area contributed by atoms with Gasteiger partial charge in [-0.1, -0.05) is 5.16 Å². The highest BCUT2D eigenvalue weighted by atomic mass is 16.5. The van der Waals surface area contributed by atoms with Gasteiger partial charge in [0.1, 0.15) is 11.7 Å². The van der Waals surface area contributed by atoms with Gasteiger partial charge >= 0.3 is 0 Å². The first-order valence-electron chi connectivity index (χ1n) is 8.00. The summed E-state index contributed by atoms with van der Waals surface area (Å²) in [6, 6.07) is 3.70. The minimum atomic E-state index is -0.124. The van der Waals surface area contributed by atoms with E-state index in [0.717, 1.165) is 30.6 Å². The molecule has 1 saturated heterocycles. The predicted octanol–water partition coefficient (Wildman–Crippen LogP) is 2.52. The molecular weight excluding hydrogens is 318 g/mol. The third-order valence-corrected chi connectivity index (χ3v) is 4.17. The Labute approximate surface area is 144 Å². The lowest BCUT2D eigenvalue weighted by molar-refractivity contribution is 0.339. The van der Waals surface area contributed by atoms with Gasteiger partial charge < -0.3 is 4.52 Å². The van der Waals surface area contributed by atoms with Gasteiger partial charge in [0.25, 0.3) is 5.89 Å². The normalized spacial score (nSPS) is 16.8. The van der Waals surface area contributed by atoms with Crippen LogP contribution in [0, 0.1) is 18.4 Å². The Kier molecular flexibility index (Phi) is 3.82.